The number of ether oxygens (including phenoxy) is 3. The molecule has 10 heteroatoms. The number of hydrogen-bond donors (Lipinski definition) is 6. The van der Waals surface area contributed by atoms with Crippen molar-refractivity contribution in [2.75, 3.05) is 19.8 Å². The predicted molar refractivity (Wildman–Crippen MR) is 126 cm³/mol. The van der Waals surface area contributed by atoms with Crippen LogP contribution in [0.2, 0.25) is 0 Å². The summed E-state index contributed by atoms with van der Waals surface area (Å²) < 4.78 is 16.4. The number of carbonyl (C=O) groups excluding carboxylic acids is 1. The maximum atomic E-state index is 12.0. The van der Waals surface area contributed by atoms with Crippen LogP contribution in [0.15, 0.2) is 23.8 Å². The summed E-state index contributed by atoms with van der Waals surface area (Å²) in [6.45, 7) is 7.89. The van der Waals surface area contributed by atoms with Gasteiger partial charge in [-0.05, 0) is 49.4 Å². The lowest BCUT2D eigenvalue weighted by molar-refractivity contribution is -0.313. The van der Waals surface area contributed by atoms with Crippen LogP contribution in [0.4, 0.5) is 0 Å². The molecule has 0 spiro atoms. The number of esters is 1. The van der Waals surface area contributed by atoms with Crippen LogP contribution in [-0.2, 0) is 19.0 Å². The third kappa shape index (κ3) is 4.67. The summed E-state index contributed by atoms with van der Waals surface area (Å²) in [6, 6.07) is 0. The lowest BCUT2D eigenvalue weighted by atomic mass is 9.46. The van der Waals surface area contributed by atoms with Crippen LogP contribution in [0.25, 0.3) is 0 Å². The fourth-order valence-electron chi connectivity index (χ4n) is 7.01. The normalized spacial score (nSPS) is 48.7. The molecule has 0 aromatic rings. The van der Waals surface area contributed by atoms with Crippen LogP contribution in [0, 0.1) is 22.7 Å². The van der Waals surface area contributed by atoms with Crippen molar-refractivity contribution in [3.05, 3.63) is 23.8 Å². The summed E-state index contributed by atoms with van der Waals surface area (Å²) in [7, 11) is 0. The first-order chi connectivity index (χ1) is 16.9. The summed E-state index contributed by atoms with van der Waals surface area (Å²) >= 11 is 0. The number of carbonyl (C=O) groups is 1. The molecule has 0 bridgehead atoms. The molecule has 2 saturated heterocycles. The van der Waals surface area contributed by atoms with Gasteiger partial charge >= 0.3 is 5.97 Å². The van der Waals surface area contributed by atoms with E-state index in [0.29, 0.717) is 12.8 Å². The molecule has 0 radical (unpaired) electrons. The van der Waals surface area contributed by atoms with Crippen molar-refractivity contribution in [2.24, 2.45) is 22.7 Å². The number of fused-ring (bicyclic) bond motifs is 1. The van der Waals surface area contributed by atoms with E-state index in [4.69, 9.17) is 14.2 Å². The minimum atomic E-state index is -1.54. The van der Waals surface area contributed by atoms with Crippen molar-refractivity contribution in [3.63, 3.8) is 0 Å². The summed E-state index contributed by atoms with van der Waals surface area (Å²) in [5.41, 5.74) is 0.356. The van der Waals surface area contributed by atoms with E-state index >= 15 is 0 Å². The second kappa shape index (κ2) is 10.4. The van der Waals surface area contributed by atoms with Crippen molar-refractivity contribution in [1.82, 2.24) is 0 Å². The molecule has 2 heterocycles. The molecule has 0 aromatic carbocycles. The maximum Gasteiger partial charge on any atom is 0.336 e. The first-order valence-electron chi connectivity index (χ1n) is 12.8. The highest BCUT2D eigenvalue weighted by Gasteiger charge is 2.58. The van der Waals surface area contributed by atoms with E-state index in [1.54, 1.807) is 6.08 Å². The Labute approximate surface area is 211 Å². The zero-order chi connectivity index (χ0) is 26.4. The molecule has 11 atom stereocenters. The Morgan fingerprint density at radius 2 is 1.83 bits per heavy atom. The largest absolute Gasteiger partial charge is 0.459 e. The Hall–Kier alpha value is -1.37. The molecule has 0 amide bonds. The summed E-state index contributed by atoms with van der Waals surface area (Å²) in [5, 5.41) is 61.3. The van der Waals surface area contributed by atoms with E-state index in [1.165, 1.54) is 0 Å². The van der Waals surface area contributed by atoms with Gasteiger partial charge in [-0.2, -0.15) is 0 Å². The van der Waals surface area contributed by atoms with Crippen LogP contribution >= 0.6 is 0 Å². The van der Waals surface area contributed by atoms with Gasteiger partial charge in [0.15, 0.2) is 6.29 Å². The van der Waals surface area contributed by atoms with Gasteiger partial charge in [0.2, 0.25) is 0 Å². The van der Waals surface area contributed by atoms with Gasteiger partial charge in [0, 0.05) is 5.41 Å². The zero-order valence-corrected chi connectivity index (χ0v) is 21.0. The number of allylic oxidation sites excluding steroid dienone is 2. The summed E-state index contributed by atoms with van der Waals surface area (Å²) in [6.07, 6.45) is -3.42. The lowest BCUT2D eigenvalue weighted by Gasteiger charge is -2.60. The quantitative estimate of drug-likeness (QED) is 0.159. The smallest absolute Gasteiger partial charge is 0.336 e. The fraction of sp³-hybridized carbons (Fsp3) is 0.808. The van der Waals surface area contributed by atoms with Gasteiger partial charge in [0.05, 0.1) is 24.9 Å². The van der Waals surface area contributed by atoms with Gasteiger partial charge in [-0.1, -0.05) is 32.1 Å². The van der Waals surface area contributed by atoms with Gasteiger partial charge in [0.25, 0.3) is 0 Å². The van der Waals surface area contributed by atoms with E-state index in [0.717, 1.165) is 24.8 Å². The van der Waals surface area contributed by atoms with Crippen molar-refractivity contribution < 1.29 is 49.6 Å². The molecule has 4 fully saturated rings. The molecule has 4 aliphatic rings. The highest BCUT2D eigenvalue weighted by atomic mass is 16.7. The third-order valence-electron chi connectivity index (χ3n) is 9.30. The van der Waals surface area contributed by atoms with Crippen LogP contribution in [0.5, 0.6) is 0 Å². The van der Waals surface area contributed by atoms with Gasteiger partial charge < -0.3 is 44.8 Å². The minimum absolute atomic E-state index is 0.00740. The maximum absolute atomic E-state index is 12.0. The van der Waals surface area contributed by atoms with Crippen molar-refractivity contribution in [2.45, 2.75) is 88.9 Å². The van der Waals surface area contributed by atoms with E-state index in [-0.39, 0.29) is 36.0 Å². The number of hydrogen-bond acceptors (Lipinski definition) is 10. The molecule has 2 saturated carbocycles. The molecule has 4 rings (SSSR count). The third-order valence-corrected chi connectivity index (χ3v) is 9.30. The first kappa shape index (κ1) is 27.7. The average Bonchev–Trinajstić information content (AvgIpc) is 3.16. The van der Waals surface area contributed by atoms with Gasteiger partial charge in [-0.25, -0.2) is 4.79 Å². The topological polar surface area (TPSA) is 166 Å². The summed E-state index contributed by atoms with van der Waals surface area (Å²) in [5.74, 6) is -0.473. The summed E-state index contributed by atoms with van der Waals surface area (Å²) in [4.78, 5) is 12.0. The monoisotopic (exact) mass is 512 g/mol. The molecular formula is C26H40O10. The molecule has 10 nitrogen and oxygen atoms in total. The fourth-order valence-corrected chi connectivity index (χ4v) is 7.01. The number of aliphatic hydroxyl groups is 6. The Kier molecular flexibility index (Phi) is 8.00. The Morgan fingerprint density at radius 1 is 1.11 bits per heavy atom. The molecule has 2 aliphatic heterocycles. The van der Waals surface area contributed by atoms with Gasteiger partial charge in [-0.3, -0.25) is 0 Å². The van der Waals surface area contributed by atoms with Crippen LogP contribution in [0.1, 0.15) is 46.0 Å². The van der Waals surface area contributed by atoms with Crippen LogP contribution in [-0.4, -0.2) is 99.3 Å². The Balaban J connectivity index is 1.54. The molecule has 6 N–H and O–H groups in total. The Bertz CT molecular complexity index is 873. The molecule has 36 heavy (non-hydrogen) atoms. The predicted octanol–water partition coefficient (Wildman–Crippen LogP) is -0.213. The van der Waals surface area contributed by atoms with Crippen molar-refractivity contribution >= 4 is 5.97 Å². The standard InChI is InChI=1S/C26H40O10/c1-13-4-7-18-25(2,15(13)6-5-14-16(28)11-34-23(14)33)9-8-19(29)26(18,3)12-35-24-22(32)21(31)20(30)17(10-27)36-24/h5,15-22,24,27-32H,1,4,6-12H2,2-3H3/b14-5+/t15-,16-,17-,18+,19-,20-,21-,22-,24-,25+,26?/m1/s1. The lowest BCUT2D eigenvalue weighted by Crippen LogP contribution is -2.61. The minimum Gasteiger partial charge on any atom is -0.459 e. The van der Waals surface area contributed by atoms with Crippen molar-refractivity contribution in [1.29, 1.82) is 0 Å². The van der Waals surface area contributed by atoms with E-state index in [1.807, 2.05) is 6.92 Å². The zero-order valence-electron chi connectivity index (χ0n) is 21.0. The second-order valence-electron chi connectivity index (χ2n) is 11.4. The molecule has 2 aliphatic carbocycles. The second-order valence-corrected chi connectivity index (χ2v) is 11.4. The molecular weight excluding hydrogens is 472 g/mol. The number of cyclic esters (lactones) is 1. The molecule has 1 unspecified atom stereocenters. The van der Waals surface area contributed by atoms with Crippen molar-refractivity contribution in [3.8, 4) is 0 Å². The molecule has 0 aromatic heterocycles. The average molecular weight is 513 g/mol. The highest BCUT2D eigenvalue weighted by Crippen LogP contribution is 2.62. The molecule has 204 valence electrons. The number of rotatable bonds is 6. The highest BCUT2D eigenvalue weighted by molar-refractivity contribution is 5.91. The van der Waals surface area contributed by atoms with Crippen LogP contribution in [0.3, 0.4) is 0 Å². The SMILES string of the molecule is C=C1CC[C@@H]2C(C)(CO[C@@H]3O[C@H](CO)[C@@H](O)[C@@H](O)[C@H]3O)[C@H](O)CC[C@@]2(C)[C@@H]1C/C=C1/C(=O)OC[C@H]1O. The van der Waals surface area contributed by atoms with E-state index in [9.17, 15) is 35.4 Å². The van der Waals surface area contributed by atoms with E-state index < -0.39 is 60.9 Å². The number of aliphatic hydroxyl groups excluding tert-OH is 6. The van der Waals surface area contributed by atoms with Crippen LogP contribution < -0.4 is 0 Å². The van der Waals surface area contributed by atoms with Gasteiger partial charge in [-0.15, -0.1) is 0 Å². The first-order valence-corrected chi connectivity index (χ1v) is 12.8. The Morgan fingerprint density at radius 3 is 2.47 bits per heavy atom. The van der Waals surface area contributed by atoms with E-state index in [2.05, 4.69) is 13.5 Å². The van der Waals surface area contributed by atoms with Gasteiger partial charge in [0.1, 0.15) is 37.1 Å².